The van der Waals surface area contributed by atoms with E-state index in [4.69, 9.17) is 9.84 Å². The van der Waals surface area contributed by atoms with E-state index in [0.717, 1.165) is 0 Å². The van der Waals surface area contributed by atoms with Gasteiger partial charge in [0.15, 0.2) is 17.4 Å². The number of ether oxygens (including phenoxy) is 1. The zero-order chi connectivity index (χ0) is 15.3. The molecule has 1 aromatic carbocycles. The van der Waals surface area contributed by atoms with Gasteiger partial charge >= 0.3 is 5.97 Å². The summed E-state index contributed by atoms with van der Waals surface area (Å²) in [5.41, 5.74) is -0.527. The van der Waals surface area contributed by atoms with Crippen molar-refractivity contribution in [3.8, 4) is 5.75 Å². The Balaban J connectivity index is 2.68. The molecule has 20 heavy (non-hydrogen) atoms. The van der Waals surface area contributed by atoms with Gasteiger partial charge in [0.05, 0.1) is 17.9 Å². The number of carboxylic acid groups (broad SMARTS) is 1. The average Bonchev–Trinajstić information content (AvgIpc) is 2.36. The highest BCUT2D eigenvalue weighted by molar-refractivity contribution is 7.91. The lowest BCUT2D eigenvalue weighted by atomic mass is 10.2. The van der Waals surface area contributed by atoms with Crippen molar-refractivity contribution in [2.24, 2.45) is 0 Å². The van der Waals surface area contributed by atoms with Crippen LogP contribution in [0.3, 0.4) is 0 Å². The Morgan fingerprint density at radius 3 is 2.30 bits per heavy atom. The van der Waals surface area contributed by atoms with Crippen molar-refractivity contribution in [3.63, 3.8) is 0 Å². The fraction of sp³-hybridized carbons (Fsp3) is 0.417. The summed E-state index contributed by atoms with van der Waals surface area (Å²) in [7, 11) is -3.16. The van der Waals surface area contributed by atoms with Gasteiger partial charge < -0.3 is 9.84 Å². The lowest BCUT2D eigenvalue weighted by molar-refractivity contribution is 0.0695. The summed E-state index contributed by atoms with van der Waals surface area (Å²) < 4.78 is 54.1. The first-order chi connectivity index (χ1) is 9.26. The molecular weight excluding hydrogens is 294 g/mol. The van der Waals surface area contributed by atoms with E-state index in [1.165, 1.54) is 6.92 Å². The Bertz CT molecular complexity index is 575. The number of halogens is 2. The van der Waals surface area contributed by atoms with Crippen LogP contribution in [0.25, 0.3) is 0 Å². The molecule has 1 aromatic rings. The number of carbonyl (C=O) groups is 1. The van der Waals surface area contributed by atoms with Crippen LogP contribution in [0.4, 0.5) is 8.78 Å². The Kier molecular flexibility index (Phi) is 5.43. The molecule has 0 aliphatic rings. The summed E-state index contributed by atoms with van der Waals surface area (Å²) in [5, 5.41) is 8.61. The van der Waals surface area contributed by atoms with Gasteiger partial charge in [-0.25, -0.2) is 22.0 Å². The van der Waals surface area contributed by atoms with Gasteiger partial charge in [0.2, 0.25) is 0 Å². The van der Waals surface area contributed by atoms with Gasteiger partial charge in [0.25, 0.3) is 0 Å². The maximum atomic E-state index is 13.5. The van der Waals surface area contributed by atoms with E-state index in [1.54, 1.807) is 0 Å². The maximum Gasteiger partial charge on any atom is 0.335 e. The predicted octanol–water partition coefficient (Wildman–Crippen LogP) is 1.87. The first-order valence-electron chi connectivity index (χ1n) is 5.82. The highest BCUT2D eigenvalue weighted by Gasteiger charge is 2.16. The summed E-state index contributed by atoms with van der Waals surface area (Å²) in [6.45, 7) is 1.32. The van der Waals surface area contributed by atoms with Crippen LogP contribution in [-0.4, -0.2) is 37.6 Å². The van der Waals surface area contributed by atoms with E-state index in [-0.39, 0.29) is 24.5 Å². The molecule has 0 saturated carbocycles. The van der Waals surface area contributed by atoms with Gasteiger partial charge in [-0.2, -0.15) is 0 Å². The van der Waals surface area contributed by atoms with Crippen LogP contribution in [0, 0.1) is 11.6 Å². The number of rotatable bonds is 7. The number of sulfone groups is 1. The lowest BCUT2D eigenvalue weighted by Crippen LogP contribution is -2.12. The van der Waals surface area contributed by atoms with Crippen LogP contribution in [0.15, 0.2) is 12.1 Å². The minimum Gasteiger partial charge on any atom is -0.488 e. The second-order valence-electron chi connectivity index (χ2n) is 4.01. The van der Waals surface area contributed by atoms with Crippen LogP contribution in [0.5, 0.6) is 5.75 Å². The SMILES string of the molecule is CCS(=O)(=O)CCCOc1c(F)cc(C(=O)O)cc1F. The van der Waals surface area contributed by atoms with Gasteiger partial charge in [-0.3, -0.25) is 0 Å². The molecule has 0 fully saturated rings. The zero-order valence-electron chi connectivity index (χ0n) is 10.7. The van der Waals surface area contributed by atoms with E-state index in [1.807, 2.05) is 0 Å². The quantitative estimate of drug-likeness (QED) is 0.778. The van der Waals surface area contributed by atoms with E-state index >= 15 is 0 Å². The second-order valence-corrected chi connectivity index (χ2v) is 6.49. The van der Waals surface area contributed by atoms with Gasteiger partial charge in [-0.1, -0.05) is 6.92 Å². The molecule has 1 N–H and O–H groups in total. The van der Waals surface area contributed by atoms with Crippen molar-refractivity contribution < 1.29 is 31.8 Å². The molecule has 0 heterocycles. The van der Waals surface area contributed by atoms with Crippen molar-refractivity contribution in [1.82, 2.24) is 0 Å². The number of hydrogen-bond donors (Lipinski definition) is 1. The normalized spacial score (nSPS) is 11.3. The first-order valence-corrected chi connectivity index (χ1v) is 7.64. The average molecular weight is 308 g/mol. The third-order valence-corrected chi connectivity index (χ3v) is 4.32. The topological polar surface area (TPSA) is 80.7 Å². The van der Waals surface area contributed by atoms with Crippen LogP contribution in [-0.2, 0) is 9.84 Å². The van der Waals surface area contributed by atoms with Crippen molar-refractivity contribution in [1.29, 1.82) is 0 Å². The largest absolute Gasteiger partial charge is 0.488 e. The van der Waals surface area contributed by atoms with Crippen molar-refractivity contribution in [2.75, 3.05) is 18.1 Å². The van der Waals surface area contributed by atoms with E-state index in [9.17, 15) is 22.0 Å². The Hall–Kier alpha value is -1.70. The molecule has 0 saturated heterocycles. The van der Waals surface area contributed by atoms with Crippen LogP contribution >= 0.6 is 0 Å². The Morgan fingerprint density at radius 1 is 1.30 bits per heavy atom. The fourth-order valence-corrected chi connectivity index (χ4v) is 2.27. The molecule has 0 aliphatic heterocycles. The molecule has 5 nitrogen and oxygen atoms in total. The fourth-order valence-electron chi connectivity index (χ4n) is 1.42. The molecule has 0 aromatic heterocycles. The molecule has 0 amide bonds. The highest BCUT2D eigenvalue weighted by atomic mass is 32.2. The molecular formula is C12H14F2O5S. The molecule has 8 heteroatoms. The number of benzene rings is 1. The summed E-state index contributed by atoms with van der Waals surface area (Å²) in [6, 6.07) is 1.28. The van der Waals surface area contributed by atoms with Gasteiger partial charge in [0.1, 0.15) is 9.84 Å². The maximum absolute atomic E-state index is 13.5. The predicted molar refractivity (Wildman–Crippen MR) is 67.8 cm³/mol. The summed E-state index contributed by atoms with van der Waals surface area (Å²) in [4.78, 5) is 10.6. The zero-order valence-corrected chi connectivity index (χ0v) is 11.5. The minimum absolute atomic E-state index is 0.0109. The molecule has 112 valence electrons. The summed E-state index contributed by atoms with van der Waals surface area (Å²) >= 11 is 0. The van der Waals surface area contributed by atoms with E-state index in [2.05, 4.69) is 0 Å². The number of carboxylic acids is 1. The molecule has 0 unspecified atom stereocenters. The Morgan fingerprint density at radius 2 is 1.85 bits per heavy atom. The van der Waals surface area contributed by atoms with E-state index < -0.39 is 38.8 Å². The van der Waals surface area contributed by atoms with Crippen LogP contribution in [0.2, 0.25) is 0 Å². The smallest absolute Gasteiger partial charge is 0.335 e. The molecule has 0 atom stereocenters. The van der Waals surface area contributed by atoms with Crippen molar-refractivity contribution in [3.05, 3.63) is 29.3 Å². The highest BCUT2D eigenvalue weighted by Crippen LogP contribution is 2.23. The lowest BCUT2D eigenvalue weighted by Gasteiger charge is -2.09. The second kappa shape index (κ2) is 6.65. The molecule has 0 bridgehead atoms. The van der Waals surface area contributed by atoms with Gasteiger partial charge in [-0.05, 0) is 18.6 Å². The first kappa shape index (κ1) is 16.4. The van der Waals surface area contributed by atoms with Crippen molar-refractivity contribution >= 4 is 15.8 Å². The van der Waals surface area contributed by atoms with Gasteiger partial charge in [-0.15, -0.1) is 0 Å². The monoisotopic (exact) mass is 308 g/mol. The number of hydrogen-bond acceptors (Lipinski definition) is 4. The molecule has 0 spiro atoms. The standard InChI is InChI=1S/C12H14F2O5S/c1-2-20(17,18)5-3-4-19-11-9(13)6-8(12(15)16)7-10(11)14/h6-7H,2-5H2,1H3,(H,15,16). The van der Waals surface area contributed by atoms with Crippen LogP contribution < -0.4 is 4.74 Å². The molecule has 1 rings (SSSR count). The molecule has 0 radical (unpaired) electrons. The summed E-state index contributed by atoms with van der Waals surface area (Å²) in [6.07, 6.45) is 0.0930. The summed E-state index contributed by atoms with van der Waals surface area (Å²) in [5.74, 6) is -4.59. The Labute approximate surface area is 115 Å². The van der Waals surface area contributed by atoms with Crippen LogP contribution in [0.1, 0.15) is 23.7 Å². The molecule has 0 aliphatic carbocycles. The third-order valence-electron chi connectivity index (χ3n) is 2.53. The third kappa shape index (κ3) is 4.44. The number of aromatic carboxylic acids is 1. The van der Waals surface area contributed by atoms with Crippen molar-refractivity contribution in [2.45, 2.75) is 13.3 Å². The van der Waals surface area contributed by atoms with E-state index in [0.29, 0.717) is 12.1 Å². The van der Waals surface area contributed by atoms with Gasteiger partial charge in [0, 0.05) is 5.75 Å². The minimum atomic E-state index is -3.16.